The first-order chi connectivity index (χ1) is 8.22. The Bertz CT molecular complexity index is 427. The molecular formula is C15H21NO. The molecule has 1 aromatic rings. The van der Waals surface area contributed by atoms with E-state index >= 15 is 0 Å². The van der Waals surface area contributed by atoms with Gasteiger partial charge in [0.05, 0.1) is 7.11 Å². The van der Waals surface area contributed by atoms with Crippen LogP contribution in [0, 0.1) is 0 Å². The van der Waals surface area contributed by atoms with Crippen molar-refractivity contribution >= 4 is 0 Å². The molecule has 17 heavy (non-hydrogen) atoms. The van der Waals surface area contributed by atoms with E-state index in [4.69, 9.17) is 4.74 Å². The highest BCUT2D eigenvalue weighted by molar-refractivity contribution is 5.44. The molecule has 2 bridgehead atoms. The van der Waals surface area contributed by atoms with Crippen molar-refractivity contribution in [1.29, 1.82) is 0 Å². The number of fused-ring (bicyclic) bond motifs is 5. The maximum atomic E-state index is 5.37. The molecule has 0 radical (unpaired) electrons. The SMILES string of the molecule is COc1ccc2c(c1)[C@H]1CCC[C@@H]2N1C(C)C. The van der Waals surface area contributed by atoms with Gasteiger partial charge in [-0.25, -0.2) is 0 Å². The van der Waals surface area contributed by atoms with E-state index in [1.165, 1.54) is 24.8 Å². The van der Waals surface area contributed by atoms with Crippen LogP contribution in [0.2, 0.25) is 0 Å². The summed E-state index contributed by atoms with van der Waals surface area (Å²) in [6.07, 6.45) is 3.97. The number of methoxy groups -OCH3 is 1. The largest absolute Gasteiger partial charge is 0.497 e. The maximum absolute atomic E-state index is 5.37. The molecule has 0 spiro atoms. The maximum Gasteiger partial charge on any atom is 0.119 e. The van der Waals surface area contributed by atoms with Gasteiger partial charge in [-0.1, -0.05) is 6.07 Å². The van der Waals surface area contributed by atoms with Crippen LogP contribution in [0.4, 0.5) is 0 Å². The van der Waals surface area contributed by atoms with Crippen LogP contribution in [0.15, 0.2) is 18.2 Å². The molecule has 0 unspecified atom stereocenters. The molecule has 3 rings (SSSR count). The predicted octanol–water partition coefficient (Wildman–Crippen LogP) is 3.69. The fraction of sp³-hybridized carbons (Fsp3) is 0.600. The van der Waals surface area contributed by atoms with Crippen LogP contribution in [0.25, 0.3) is 0 Å². The Morgan fingerprint density at radius 2 is 1.88 bits per heavy atom. The summed E-state index contributed by atoms with van der Waals surface area (Å²) in [5.41, 5.74) is 3.06. The van der Waals surface area contributed by atoms with Crippen molar-refractivity contribution in [3.63, 3.8) is 0 Å². The molecule has 0 N–H and O–H groups in total. The summed E-state index contributed by atoms with van der Waals surface area (Å²) in [4.78, 5) is 2.69. The summed E-state index contributed by atoms with van der Waals surface area (Å²) in [5.74, 6) is 1.00. The van der Waals surface area contributed by atoms with E-state index in [0.29, 0.717) is 18.1 Å². The summed E-state index contributed by atoms with van der Waals surface area (Å²) >= 11 is 0. The van der Waals surface area contributed by atoms with Gasteiger partial charge >= 0.3 is 0 Å². The second kappa shape index (κ2) is 4.02. The molecule has 2 nitrogen and oxygen atoms in total. The number of rotatable bonds is 2. The summed E-state index contributed by atoms with van der Waals surface area (Å²) in [5, 5.41) is 0. The van der Waals surface area contributed by atoms with Crippen LogP contribution >= 0.6 is 0 Å². The van der Waals surface area contributed by atoms with Crippen molar-refractivity contribution in [2.45, 2.75) is 51.2 Å². The first-order valence-electron chi connectivity index (χ1n) is 6.67. The second-order valence-corrected chi connectivity index (χ2v) is 5.50. The highest BCUT2D eigenvalue weighted by Gasteiger charge is 2.42. The minimum atomic E-state index is 0.624. The Hall–Kier alpha value is -1.02. The van der Waals surface area contributed by atoms with E-state index in [9.17, 15) is 0 Å². The average Bonchev–Trinajstić information content (AvgIpc) is 2.54. The molecule has 2 aliphatic heterocycles. The molecule has 0 amide bonds. The minimum absolute atomic E-state index is 0.624. The standard InChI is InChI=1S/C15H21NO/c1-10(2)16-14-5-4-6-15(16)13-9-11(17-3)7-8-12(13)14/h7-10,14-15H,4-6H2,1-3H3/t14-,15+/m0/s1. The van der Waals surface area contributed by atoms with Gasteiger partial charge < -0.3 is 4.74 Å². The Kier molecular flexibility index (Phi) is 2.62. The smallest absolute Gasteiger partial charge is 0.119 e. The van der Waals surface area contributed by atoms with E-state index in [-0.39, 0.29) is 0 Å². The minimum Gasteiger partial charge on any atom is -0.497 e. The molecule has 0 aromatic heterocycles. The summed E-state index contributed by atoms with van der Waals surface area (Å²) in [6, 6.07) is 8.54. The summed E-state index contributed by atoms with van der Waals surface area (Å²) in [7, 11) is 1.75. The van der Waals surface area contributed by atoms with Crippen molar-refractivity contribution in [3.8, 4) is 5.75 Å². The number of nitrogens with zero attached hydrogens (tertiary/aromatic N) is 1. The van der Waals surface area contributed by atoms with Crippen LogP contribution in [-0.4, -0.2) is 18.1 Å². The van der Waals surface area contributed by atoms with Gasteiger partial charge in [-0.2, -0.15) is 0 Å². The van der Waals surface area contributed by atoms with Crippen LogP contribution in [0.1, 0.15) is 56.3 Å². The number of benzene rings is 1. The van der Waals surface area contributed by atoms with Crippen LogP contribution in [0.5, 0.6) is 5.75 Å². The lowest BCUT2D eigenvalue weighted by molar-refractivity contribution is 0.0746. The van der Waals surface area contributed by atoms with Crippen molar-refractivity contribution in [2.24, 2.45) is 0 Å². The topological polar surface area (TPSA) is 12.5 Å². The average molecular weight is 231 g/mol. The quantitative estimate of drug-likeness (QED) is 0.769. The van der Waals surface area contributed by atoms with Crippen LogP contribution in [-0.2, 0) is 0 Å². The predicted molar refractivity (Wildman–Crippen MR) is 69.3 cm³/mol. The lowest BCUT2D eigenvalue weighted by atomic mass is 9.99. The Morgan fingerprint density at radius 3 is 2.53 bits per heavy atom. The molecule has 2 heteroatoms. The third kappa shape index (κ3) is 1.58. The zero-order chi connectivity index (χ0) is 12.0. The van der Waals surface area contributed by atoms with Gasteiger partial charge in [0.25, 0.3) is 0 Å². The zero-order valence-electron chi connectivity index (χ0n) is 10.9. The van der Waals surface area contributed by atoms with E-state index in [0.717, 1.165) is 5.75 Å². The summed E-state index contributed by atoms with van der Waals surface area (Å²) < 4.78 is 5.37. The normalized spacial score (nSPS) is 27.3. The molecule has 2 heterocycles. The molecule has 2 atom stereocenters. The lowest BCUT2D eigenvalue weighted by Gasteiger charge is -2.38. The van der Waals surface area contributed by atoms with Gasteiger partial charge in [-0.15, -0.1) is 0 Å². The molecule has 1 aromatic carbocycles. The van der Waals surface area contributed by atoms with Gasteiger partial charge in [0, 0.05) is 18.1 Å². The van der Waals surface area contributed by atoms with Gasteiger partial charge in [-0.05, 0) is 56.4 Å². The fourth-order valence-corrected chi connectivity index (χ4v) is 3.64. The van der Waals surface area contributed by atoms with Gasteiger partial charge in [0.1, 0.15) is 5.75 Å². The van der Waals surface area contributed by atoms with Crippen molar-refractivity contribution < 1.29 is 4.74 Å². The first kappa shape index (κ1) is 11.1. The lowest BCUT2D eigenvalue weighted by Crippen LogP contribution is -2.35. The molecule has 1 saturated heterocycles. The van der Waals surface area contributed by atoms with Crippen molar-refractivity contribution in [3.05, 3.63) is 29.3 Å². The summed E-state index contributed by atoms with van der Waals surface area (Å²) in [6.45, 7) is 4.63. The number of piperidine rings is 1. The highest BCUT2D eigenvalue weighted by atomic mass is 16.5. The number of hydrogen-bond acceptors (Lipinski definition) is 2. The Morgan fingerprint density at radius 1 is 1.18 bits per heavy atom. The Balaban J connectivity index is 2.06. The molecule has 0 aliphatic carbocycles. The highest BCUT2D eigenvalue weighted by Crippen LogP contribution is 2.52. The third-order valence-electron chi connectivity index (χ3n) is 4.28. The van der Waals surface area contributed by atoms with E-state index in [1.807, 2.05) is 0 Å². The number of hydrogen-bond donors (Lipinski definition) is 0. The molecule has 2 aliphatic rings. The zero-order valence-corrected chi connectivity index (χ0v) is 10.9. The molecular weight excluding hydrogens is 210 g/mol. The van der Waals surface area contributed by atoms with Crippen molar-refractivity contribution in [2.75, 3.05) is 7.11 Å². The van der Waals surface area contributed by atoms with Gasteiger partial charge in [-0.3, -0.25) is 4.90 Å². The van der Waals surface area contributed by atoms with Gasteiger partial charge in [0.15, 0.2) is 0 Å². The number of ether oxygens (including phenoxy) is 1. The van der Waals surface area contributed by atoms with E-state index < -0.39 is 0 Å². The molecule has 1 fully saturated rings. The van der Waals surface area contributed by atoms with Crippen LogP contribution in [0.3, 0.4) is 0 Å². The van der Waals surface area contributed by atoms with Crippen LogP contribution < -0.4 is 4.74 Å². The van der Waals surface area contributed by atoms with Gasteiger partial charge in [0.2, 0.25) is 0 Å². The monoisotopic (exact) mass is 231 g/mol. The second-order valence-electron chi connectivity index (χ2n) is 5.50. The third-order valence-corrected chi connectivity index (χ3v) is 4.28. The Labute approximate surface area is 104 Å². The fourth-order valence-electron chi connectivity index (χ4n) is 3.64. The molecule has 0 saturated carbocycles. The van der Waals surface area contributed by atoms with Crippen molar-refractivity contribution in [1.82, 2.24) is 4.90 Å². The first-order valence-corrected chi connectivity index (χ1v) is 6.67. The molecule has 92 valence electrons. The van der Waals surface area contributed by atoms with E-state index in [2.05, 4.69) is 36.9 Å². The van der Waals surface area contributed by atoms with E-state index in [1.54, 1.807) is 12.7 Å².